The van der Waals surface area contributed by atoms with Crippen LogP contribution in [0.4, 0.5) is 0 Å². The second-order valence-electron chi connectivity index (χ2n) is 4.89. The number of methoxy groups -OCH3 is 3. The van der Waals surface area contributed by atoms with Crippen LogP contribution in [0.3, 0.4) is 0 Å². The summed E-state index contributed by atoms with van der Waals surface area (Å²) >= 11 is 0. The summed E-state index contributed by atoms with van der Waals surface area (Å²) in [6.45, 7) is 1.96. The number of benzene rings is 1. The van der Waals surface area contributed by atoms with Crippen molar-refractivity contribution in [1.29, 1.82) is 0 Å². The summed E-state index contributed by atoms with van der Waals surface area (Å²) in [7, 11) is 4.31. The van der Waals surface area contributed by atoms with Crippen LogP contribution in [0.2, 0.25) is 0 Å². The number of carboxylic acid groups (broad SMARTS) is 1. The number of hydrogen-bond donors (Lipinski definition) is 2. The number of amides is 1. The molecule has 0 aliphatic rings. The van der Waals surface area contributed by atoms with Crippen molar-refractivity contribution in [3.8, 4) is 17.2 Å². The molecular formula is C16H23NO6. The Hall–Kier alpha value is -2.44. The van der Waals surface area contributed by atoms with Crippen molar-refractivity contribution in [2.75, 3.05) is 21.3 Å². The molecule has 1 amide bonds. The Kier molecular flexibility index (Phi) is 7.18. The molecular weight excluding hydrogens is 302 g/mol. The van der Waals surface area contributed by atoms with Crippen molar-refractivity contribution in [2.24, 2.45) is 0 Å². The first-order valence-corrected chi connectivity index (χ1v) is 7.32. The van der Waals surface area contributed by atoms with Crippen molar-refractivity contribution in [3.63, 3.8) is 0 Å². The van der Waals surface area contributed by atoms with Crippen LogP contribution in [0.25, 0.3) is 0 Å². The fraction of sp³-hybridized carbons (Fsp3) is 0.500. The minimum Gasteiger partial charge on any atom is -0.493 e. The van der Waals surface area contributed by atoms with E-state index in [0.29, 0.717) is 18.6 Å². The largest absolute Gasteiger partial charge is 0.493 e. The molecule has 1 atom stereocenters. The molecule has 0 saturated carbocycles. The molecule has 0 radical (unpaired) electrons. The lowest BCUT2D eigenvalue weighted by atomic mass is 10.1. The Balaban J connectivity index is 3.09. The Morgan fingerprint density at radius 3 is 2.26 bits per heavy atom. The van der Waals surface area contributed by atoms with Gasteiger partial charge in [0.2, 0.25) is 5.75 Å². The molecule has 7 heteroatoms. The Morgan fingerprint density at radius 2 is 1.78 bits per heavy atom. The van der Waals surface area contributed by atoms with E-state index in [9.17, 15) is 14.7 Å². The van der Waals surface area contributed by atoms with Gasteiger partial charge in [0, 0.05) is 0 Å². The van der Waals surface area contributed by atoms with Crippen LogP contribution in [0.5, 0.6) is 17.2 Å². The molecule has 0 aliphatic carbocycles. The average Bonchev–Trinajstić information content (AvgIpc) is 2.56. The van der Waals surface area contributed by atoms with Crippen LogP contribution in [0.15, 0.2) is 12.1 Å². The number of nitrogens with one attached hydrogen (secondary N) is 1. The first kappa shape index (κ1) is 18.6. The normalized spacial score (nSPS) is 11.5. The van der Waals surface area contributed by atoms with Gasteiger partial charge in [-0.05, 0) is 18.6 Å². The summed E-state index contributed by atoms with van der Waals surface area (Å²) in [6, 6.07) is 2.13. The summed E-state index contributed by atoms with van der Waals surface area (Å²) < 4.78 is 15.6. The third-order valence-electron chi connectivity index (χ3n) is 3.40. The topological polar surface area (TPSA) is 94.1 Å². The molecule has 0 bridgehead atoms. The van der Waals surface area contributed by atoms with E-state index in [2.05, 4.69) is 5.32 Å². The highest BCUT2D eigenvalue weighted by Crippen LogP contribution is 2.39. The fourth-order valence-corrected chi connectivity index (χ4v) is 2.18. The molecule has 0 fully saturated rings. The van der Waals surface area contributed by atoms with Crippen molar-refractivity contribution in [2.45, 2.75) is 32.2 Å². The molecule has 2 N–H and O–H groups in total. The van der Waals surface area contributed by atoms with Gasteiger partial charge >= 0.3 is 5.97 Å². The number of carbonyl (C=O) groups is 2. The summed E-state index contributed by atoms with van der Waals surface area (Å²) in [6.07, 6.45) is 1.92. The maximum absolute atomic E-state index is 12.4. The van der Waals surface area contributed by atoms with Crippen molar-refractivity contribution in [1.82, 2.24) is 5.32 Å². The van der Waals surface area contributed by atoms with Crippen LogP contribution in [0.1, 0.15) is 36.5 Å². The molecule has 23 heavy (non-hydrogen) atoms. The van der Waals surface area contributed by atoms with Crippen LogP contribution in [-0.4, -0.2) is 44.4 Å². The summed E-state index contributed by atoms with van der Waals surface area (Å²) in [5.74, 6) is -0.703. The first-order valence-electron chi connectivity index (χ1n) is 7.32. The van der Waals surface area contributed by atoms with Gasteiger partial charge in [-0.15, -0.1) is 0 Å². The molecule has 0 unspecified atom stereocenters. The lowest BCUT2D eigenvalue weighted by molar-refractivity contribution is -0.139. The van der Waals surface area contributed by atoms with Crippen LogP contribution < -0.4 is 19.5 Å². The van der Waals surface area contributed by atoms with Gasteiger partial charge in [0.15, 0.2) is 11.5 Å². The number of aliphatic carboxylic acids is 1. The standard InChI is InChI=1S/C16H23NO6/c1-5-6-7-11(16(19)20)17-15(18)10-8-9-12(21-2)14(23-4)13(10)22-3/h8-9,11H,5-7H2,1-4H3,(H,17,18)(H,19,20)/t11-/m0/s1. The summed E-state index contributed by atoms with van der Waals surface area (Å²) in [5.41, 5.74) is 0.188. The molecule has 0 aromatic heterocycles. The van der Waals surface area contributed by atoms with E-state index < -0.39 is 17.9 Å². The minimum atomic E-state index is -1.06. The lowest BCUT2D eigenvalue weighted by Crippen LogP contribution is -2.40. The number of carbonyl (C=O) groups excluding carboxylic acids is 1. The molecule has 128 valence electrons. The minimum absolute atomic E-state index is 0.188. The molecule has 1 aromatic carbocycles. The van der Waals surface area contributed by atoms with Crippen molar-refractivity contribution < 1.29 is 28.9 Å². The smallest absolute Gasteiger partial charge is 0.326 e. The zero-order valence-electron chi connectivity index (χ0n) is 13.8. The maximum Gasteiger partial charge on any atom is 0.326 e. The highest BCUT2D eigenvalue weighted by Gasteiger charge is 2.25. The average molecular weight is 325 g/mol. The molecule has 0 saturated heterocycles. The highest BCUT2D eigenvalue weighted by molar-refractivity contribution is 6.00. The molecule has 7 nitrogen and oxygen atoms in total. The molecule has 1 rings (SSSR count). The lowest BCUT2D eigenvalue weighted by Gasteiger charge is -2.18. The van der Waals surface area contributed by atoms with Gasteiger partial charge < -0.3 is 24.6 Å². The molecule has 0 spiro atoms. The van der Waals surface area contributed by atoms with Gasteiger partial charge in [0.05, 0.1) is 26.9 Å². The number of ether oxygens (including phenoxy) is 3. The predicted molar refractivity (Wildman–Crippen MR) is 84.5 cm³/mol. The van der Waals surface area contributed by atoms with E-state index in [1.807, 2.05) is 6.92 Å². The number of unbranched alkanes of at least 4 members (excludes halogenated alkanes) is 1. The third kappa shape index (κ3) is 4.51. The fourth-order valence-electron chi connectivity index (χ4n) is 2.18. The molecule has 1 aromatic rings. The van der Waals surface area contributed by atoms with E-state index in [4.69, 9.17) is 14.2 Å². The Morgan fingerprint density at radius 1 is 1.13 bits per heavy atom. The molecule has 0 heterocycles. The second-order valence-corrected chi connectivity index (χ2v) is 4.89. The van der Waals surface area contributed by atoms with Crippen LogP contribution in [0, 0.1) is 0 Å². The number of carboxylic acids is 1. The van der Waals surface area contributed by atoms with Gasteiger partial charge in [-0.25, -0.2) is 4.79 Å². The van der Waals surface area contributed by atoms with Crippen molar-refractivity contribution >= 4 is 11.9 Å². The second kappa shape index (κ2) is 8.87. The summed E-state index contributed by atoms with van der Waals surface area (Å²) in [4.78, 5) is 23.7. The predicted octanol–water partition coefficient (Wildman–Crippen LogP) is 2.09. The quantitative estimate of drug-likeness (QED) is 0.722. The molecule has 0 aliphatic heterocycles. The van der Waals surface area contributed by atoms with E-state index in [1.165, 1.54) is 27.4 Å². The first-order chi connectivity index (χ1) is 11.0. The third-order valence-corrected chi connectivity index (χ3v) is 3.40. The van der Waals surface area contributed by atoms with Gasteiger partial charge in [-0.3, -0.25) is 4.79 Å². The monoisotopic (exact) mass is 325 g/mol. The Labute approximate surface area is 135 Å². The summed E-state index contributed by atoms with van der Waals surface area (Å²) in [5, 5.41) is 11.7. The van der Waals surface area contributed by atoms with Crippen LogP contribution >= 0.6 is 0 Å². The highest BCUT2D eigenvalue weighted by atomic mass is 16.5. The number of rotatable bonds is 9. The van der Waals surface area contributed by atoms with Gasteiger partial charge in [-0.1, -0.05) is 19.8 Å². The van der Waals surface area contributed by atoms with Gasteiger partial charge in [0.1, 0.15) is 6.04 Å². The van der Waals surface area contributed by atoms with Crippen LogP contribution in [-0.2, 0) is 4.79 Å². The van der Waals surface area contributed by atoms with E-state index >= 15 is 0 Å². The van der Waals surface area contributed by atoms with Crippen molar-refractivity contribution in [3.05, 3.63) is 17.7 Å². The van der Waals surface area contributed by atoms with E-state index in [1.54, 1.807) is 6.07 Å². The Bertz CT molecular complexity index is 558. The van der Waals surface area contributed by atoms with E-state index in [-0.39, 0.29) is 17.1 Å². The zero-order valence-corrected chi connectivity index (χ0v) is 13.8. The van der Waals surface area contributed by atoms with Gasteiger partial charge in [-0.2, -0.15) is 0 Å². The number of hydrogen-bond acceptors (Lipinski definition) is 5. The maximum atomic E-state index is 12.4. The van der Waals surface area contributed by atoms with E-state index in [0.717, 1.165) is 6.42 Å². The zero-order chi connectivity index (χ0) is 17.4. The SMILES string of the molecule is CCCC[C@H](NC(=O)c1ccc(OC)c(OC)c1OC)C(=O)O. The van der Waals surface area contributed by atoms with Gasteiger partial charge in [0.25, 0.3) is 5.91 Å².